The van der Waals surface area contributed by atoms with E-state index in [9.17, 15) is 0 Å². The van der Waals surface area contributed by atoms with Gasteiger partial charge in [0.1, 0.15) is 0 Å². The molecule has 0 spiro atoms. The van der Waals surface area contributed by atoms with Crippen LogP contribution in [0.3, 0.4) is 0 Å². The molecule has 48 valence electrons. The number of aliphatic hydroxyl groups is 1. The lowest BCUT2D eigenvalue weighted by atomic mass is 10.1. The molecular formula is C8H10O. The number of benzene rings is 1. The van der Waals surface area contributed by atoms with Crippen LogP contribution in [0.5, 0.6) is 0 Å². The second kappa shape index (κ2) is 2.65. The summed E-state index contributed by atoms with van der Waals surface area (Å²) in [4.78, 5) is 0. The number of hydrogen-bond donors (Lipinski definition) is 1. The van der Waals surface area contributed by atoms with Gasteiger partial charge in [-0.3, -0.25) is 0 Å². The van der Waals surface area contributed by atoms with Crippen LogP contribution >= 0.6 is 0 Å². The Bertz CT molecular complexity index is 253. The molecule has 1 aromatic carbocycles. The zero-order valence-electron chi connectivity index (χ0n) is 7.26. The Hall–Kier alpha value is -0.820. The zero-order chi connectivity index (χ0) is 8.48. The fraction of sp³-hybridized carbons (Fsp3) is 0.250. The van der Waals surface area contributed by atoms with E-state index in [1.165, 1.54) is 0 Å². The van der Waals surface area contributed by atoms with Crippen LogP contribution in [-0.2, 0) is 6.56 Å². The van der Waals surface area contributed by atoms with Crippen LogP contribution in [-0.4, -0.2) is 5.11 Å². The van der Waals surface area contributed by atoms with E-state index >= 15 is 0 Å². The molecular weight excluding hydrogens is 112 g/mol. The van der Waals surface area contributed by atoms with Gasteiger partial charge in [-0.15, -0.1) is 0 Å². The van der Waals surface area contributed by atoms with Gasteiger partial charge in [-0.2, -0.15) is 0 Å². The fourth-order valence-electron chi connectivity index (χ4n) is 0.715. The van der Waals surface area contributed by atoms with Crippen LogP contribution in [0, 0.1) is 6.92 Å². The summed E-state index contributed by atoms with van der Waals surface area (Å²) >= 11 is 0. The van der Waals surface area contributed by atoms with Gasteiger partial charge in [-0.1, -0.05) is 29.8 Å². The molecule has 0 amide bonds. The van der Waals surface area contributed by atoms with Crippen molar-refractivity contribution in [1.29, 1.82) is 0 Å². The van der Waals surface area contributed by atoms with Crippen molar-refractivity contribution >= 4 is 0 Å². The highest BCUT2D eigenvalue weighted by atomic mass is 16.3. The summed E-state index contributed by atoms with van der Waals surface area (Å²) in [5, 5.41) is 8.95. The molecule has 1 heteroatoms. The molecule has 1 N–H and O–H groups in total. The first kappa shape index (κ1) is 4.07. The number of hydrogen-bond acceptors (Lipinski definition) is 1. The van der Waals surface area contributed by atoms with Crippen LogP contribution in [0.25, 0.3) is 0 Å². The molecule has 0 aliphatic rings. The van der Waals surface area contributed by atoms with Crippen LogP contribution in [0.4, 0.5) is 0 Å². The molecule has 0 aliphatic heterocycles. The molecule has 1 nitrogen and oxygen atoms in total. The first-order valence-corrected chi connectivity index (χ1v) is 2.79. The average Bonchev–Trinajstić information content (AvgIpc) is 1.86. The molecule has 0 atom stereocenters. The molecule has 0 unspecified atom stereocenters. The van der Waals surface area contributed by atoms with Gasteiger partial charge in [0.05, 0.1) is 9.30 Å². The van der Waals surface area contributed by atoms with Gasteiger partial charge in [0.2, 0.25) is 0 Å². The van der Waals surface area contributed by atoms with Crippen molar-refractivity contribution in [2.45, 2.75) is 13.5 Å². The summed E-state index contributed by atoms with van der Waals surface area (Å²) in [5.41, 5.74) is 1.25. The third-order valence-corrected chi connectivity index (χ3v) is 1.15. The fourth-order valence-corrected chi connectivity index (χ4v) is 0.715. The summed E-state index contributed by atoms with van der Waals surface area (Å²) in [5.74, 6) is 0. The summed E-state index contributed by atoms with van der Waals surface area (Å²) in [6.07, 6.45) is 0. The first-order chi connectivity index (χ1) is 5.00. The molecule has 1 aromatic rings. The van der Waals surface area contributed by atoms with E-state index in [0.717, 1.165) is 5.56 Å². The Kier molecular flexibility index (Phi) is 1.20. The van der Waals surface area contributed by atoms with Crippen LogP contribution in [0.15, 0.2) is 24.3 Å². The lowest BCUT2D eigenvalue weighted by Gasteiger charge is -1.94. The highest BCUT2D eigenvalue weighted by molar-refractivity contribution is 5.21. The van der Waals surface area contributed by atoms with E-state index in [2.05, 4.69) is 0 Å². The Labute approximate surface area is 57.8 Å². The predicted octanol–water partition coefficient (Wildman–Crippen LogP) is 1.49. The maximum atomic E-state index is 8.95. The highest BCUT2D eigenvalue weighted by Gasteiger charge is 1.86. The van der Waals surface area contributed by atoms with Gasteiger partial charge >= 0.3 is 0 Å². The second-order valence-corrected chi connectivity index (χ2v) is 1.98. The van der Waals surface area contributed by atoms with Gasteiger partial charge in [0, 0.05) is 0 Å². The summed E-state index contributed by atoms with van der Waals surface area (Å²) in [6, 6.07) is 6.76. The van der Waals surface area contributed by atoms with Crippen molar-refractivity contribution < 1.29 is 7.85 Å². The molecule has 0 heterocycles. The molecule has 1 rings (SSSR count). The normalized spacial score (nSPS) is 14.4. The summed E-state index contributed by atoms with van der Waals surface area (Å²) in [7, 11) is 0. The number of aryl methyl sites for hydroxylation is 1. The van der Waals surface area contributed by atoms with E-state index in [4.69, 9.17) is 7.85 Å². The maximum Gasteiger partial charge on any atom is 0.0681 e. The Balaban J connectivity index is 3.06. The third kappa shape index (κ3) is 1.54. The van der Waals surface area contributed by atoms with E-state index < -0.39 is 6.56 Å². The minimum absolute atomic E-state index is 0.303. The molecule has 0 aromatic heterocycles. The minimum atomic E-state index is -2.22. The number of rotatable bonds is 1. The largest absolute Gasteiger partial charge is 0.392 e. The lowest BCUT2D eigenvalue weighted by molar-refractivity contribution is 0.282. The van der Waals surface area contributed by atoms with Gasteiger partial charge in [-0.05, 0) is 12.5 Å². The molecule has 0 radical (unpaired) electrons. The predicted molar refractivity (Wildman–Crippen MR) is 37.1 cm³/mol. The Morgan fingerprint density at radius 1 is 1.67 bits per heavy atom. The van der Waals surface area contributed by atoms with Gasteiger partial charge < -0.3 is 5.11 Å². The van der Waals surface area contributed by atoms with Crippen molar-refractivity contribution in [2.75, 3.05) is 0 Å². The zero-order valence-corrected chi connectivity index (χ0v) is 5.26. The molecule has 0 saturated carbocycles. The van der Waals surface area contributed by atoms with Crippen molar-refractivity contribution in [2.24, 2.45) is 0 Å². The van der Waals surface area contributed by atoms with Crippen LogP contribution in [0.1, 0.15) is 13.9 Å². The second-order valence-electron chi connectivity index (χ2n) is 1.98. The quantitative estimate of drug-likeness (QED) is 0.601. The molecule has 0 aliphatic carbocycles. The highest BCUT2D eigenvalue weighted by Crippen LogP contribution is 2.02. The topological polar surface area (TPSA) is 20.2 Å². The van der Waals surface area contributed by atoms with E-state index in [-0.39, 0.29) is 0 Å². The summed E-state index contributed by atoms with van der Waals surface area (Å²) < 4.78 is 14.0. The SMILES string of the molecule is [2H]C([2H])(O)c1cccc(C)c1. The van der Waals surface area contributed by atoms with E-state index in [0.29, 0.717) is 5.56 Å². The monoisotopic (exact) mass is 124 g/mol. The van der Waals surface area contributed by atoms with Crippen LogP contribution in [0.2, 0.25) is 0 Å². The van der Waals surface area contributed by atoms with Crippen molar-refractivity contribution in [1.82, 2.24) is 0 Å². The molecule has 0 saturated heterocycles. The van der Waals surface area contributed by atoms with Crippen LogP contribution < -0.4 is 0 Å². The smallest absolute Gasteiger partial charge is 0.0681 e. The molecule has 0 fully saturated rings. The van der Waals surface area contributed by atoms with Crippen molar-refractivity contribution in [3.8, 4) is 0 Å². The third-order valence-electron chi connectivity index (χ3n) is 1.15. The first-order valence-electron chi connectivity index (χ1n) is 3.79. The maximum absolute atomic E-state index is 8.95. The van der Waals surface area contributed by atoms with E-state index in [1.807, 2.05) is 13.0 Å². The minimum Gasteiger partial charge on any atom is -0.392 e. The lowest BCUT2D eigenvalue weighted by Crippen LogP contribution is -1.81. The van der Waals surface area contributed by atoms with Crippen molar-refractivity contribution in [3.63, 3.8) is 0 Å². The van der Waals surface area contributed by atoms with Crippen molar-refractivity contribution in [3.05, 3.63) is 35.4 Å². The average molecular weight is 124 g/mol. The standard InChI is InChI=1S/C8H10O/c1-7-3-2-4-8(5-7)6-9/h2-5,9H,6H2,1H3/i6D2. The van der Waals surface area contributed by atoms with Gasteiger partial charge in [0.15, 0.2) is 0 Å². The molecule has 9 heavy (non-hydrogen) atoms. The van der Waals surface area contributed by atoms with E-state index in [1.54, 1.807) is 18.2 Å². The van der Waals surface area contributed by atoms with Gasteiger partial charge in [-0.25, -0.2) is 0 Å². The Morgan fingerprint density at radius 2 is 2.44 bits per heavy atom. The van der Waals surface area contributed by atoms with Gasteiger partial charge in [0.25, 0.3) is 0 Å². The molecule has 0 bridgehead atoms. The summed E-state index contributed by atoms with van der Waals surface area (Å²) in [6.45, 7) is -0.360. The Morgan fingerprint density at radius 3 is 2.89 bits per heavy atom.